The van der Waals surface area contributed by atoms with Crippen molar-refractivity contribution < 1.29 is 9.53 Å². The Morgan fingerprint density at radius 2 is 2.41 bits per heavy atom. The number of ether oxygens (including phenoxy) is 1. The highest BCUT2D eigenvalue weighted by molar-refractivity contribution is 5.88. The highest BCUT2D eigenvalue weighted by Gasteiger charge is 2.10. The third kappa shape index (κ3) is 2.25. The van der Waals surface area contributed by atoms with Crippen LogP contribution in [0.3, 0.4) is 0 Å². The summed E-state index contributed by atoms with van der Waals surface area (Å²) in [5.41, 5.74) is 0.273. The van der Waals surface area contributed by atoms with Crippen molar-refractivity contribution in [2.45, 2.75) is 13.5 Å². The SMILES string of the molecule is CCOC(=O)c1cnc2nc(CN=O)nn2c1. The monoisotopic (exact) mass is 235 g/mol. The van der Waals surface area contributed by atoms with Gasteiger partial charge in [0.2, 0.25) is 0 Å². The van der Waals surface area contributed by atoms with E-state index in [0.29, 0.717) is 5.78 Å². The molecular weight excluding hydrogens is 226 g/mol. The Balaban J connectivity index is 2.36. The van der Waals surface area contributed by atoms with Gasteiger partial charge in [-0.05, 0) is 6.92 Å². The molecule has 0 N–H and O–H groups in total. The quantitative estimate of drug-likeness (QED) is 0.567. The van der Waals surface area contributed by atoms with Gasteiger partial charge in [0.25, 0.3) is 5.78 Å². The molecule has 0 radical (unpaired) electrons. The lowest BCUT2D eigenvalue weighted by atomic mass is 10.3. The fraction of sp³-hybridized carbons (Fsp3) is 0.333. The molecule has 0 spiro atoms. The van der Waals surface area contributed by atoms with Gasteiger partial charge in [0.1, 0.15) is 6.54 Å². The van der Waals surface area contributed by atoms with E-state index in [0.717, 1.165) is 0 Å². The summed E-state index contributed by atoms with van der Waals surface area (Å²) in [4.78, 5) is 29.4. The molecule has 2 aromatic rings. The molecule has 8 heteroatoms. The van der Waals surface area contributed by atoms with Crippen LogP contribution in [0, 0.1) is 4.91 Å². The first-order valence-corrected chi connectivity index (χ1v) is 4.92. The molecule has 0 aliphatic heterocycles. The van der Waals surface area contributed by atoms with Gasteiger partial charge in [0, 0.05) is 12.4 Å². The van der Waals surface area contributed by atoms with Gasteiger partial charge in [-0.15, -0.1) is 5.10 Å². The molecule has 0 bridgehead atoms. The minimum Gasteiger partial charge on any atom is -0.462 e. The molecule has 8 nitrogen and oxygen atoms in total. The number of nitrogens with zero attached hydrogens (tertiary/aromatic N) is 5. The Morgan fingerprint density at radius 1 is 1.59 bits per heavy atom. The van der Waals surface area contributed by atoms with Gasteiger partial charge in [0.05, 0.1) is 12.2 Å². The molecule has 0 atom stereocenters. The number of nitroso groups, excluding NO2 is 1. The molecule has 0 aromatic carbocycles. The average molecular weight is 235 g/mol. The van der Waals surface area contributed by atoms with Gasteiger partial charge in [-0.3, -0.25) is 0 Å². The van der Waals surface area contributed by atoms with E-state index in [9.17, 15) is 9.70 Å². The molecule has 88 valence electrons. The van der Waals surface area contributed by atoms with E-state index in [1.807, 2.05) is 0 Å². The van der Waals surface area contributed by atoms with Gasteiger partial charge < -0.3 is 4.74 Å². The van der Waals surface area contributed by atoms with E-state index in [1.165, 1.54) is 16.9 Å². The van der Waals surface area contributed by atoms with Crippen molar-refractivity contribution >= 4 is 11.7 Å². The Bertz CT molecular complexity index is 565. The second-order valence-electron chi connectivity index (χ2n) is 3.12. The first-order chi connectivity index (χ1) is 8.24. The Labute approximate surface area is 95.6 Å². The molecule has 2 heterocycles. The van der Waals surface area contributed by atoms with Crippen molar-refractivity contribution in [2.75, 3.05) is 6.61 Å². The van der Waals surface area contributed by atoms with E-state index in [4.69, 9.17) is 4.74 Å². The smallest absolute Gasteiger partial charge is 0.341 e. The average Bonchev–Trinajstić information content (AvgIpc) is 2.71. The van der Waals surface area contributed by atoms with Crippen molar-refractivity contribution in [2.24, 2.45) is 5.18 Å². The number of aromatic nitrogens is 4. The highest BCUT2D eigenvalue weighted by Crippen LogP contribution is 2.04. The van der Waals surface area contributed by atoms with E-state index in [1.54, 1.807) is 6.92 Å². The van der Waals surface area contributed by atoms with Crippen LogP contribution in [0.2, 0.25) is 0 Å². The summed E-state index contributed by atoms with van der Waals surface area (Å²) in [5.74, 6) is 0.0812. The molecule has 17 heavy (non-hydrogen) atoms. The van der Waals surface area contributed by atoms with Crippen molar-refractivity contribution in [1.29, 1.82) is 0 Å². The summed E-state index contributed by atoms with van der Waals surface area (Å²) < 4.78 is 6.13. The van der Waals surface area contributed by atoms with E-state index >= 15 is 0 Å². The fourth-order valence-corrected chi connectivity index (χ4v) is 1.27. The van der Waals surface area contributed by atoms with Crippen molar-refractivity contribution in [1.82, 2.24) is 19.6 Å². The maximum atomic E-state index is 11.4. The lowest BCUT2D eigenvalue weighted by molar-refractivity contribution is 0.0525. The van der Waals surface area contributed by atoms with Crippen molar-refractivity contribution in [3.63, 3.8) is 0 Å². The van der Waals surface area contributed by atoms with Crippen LogP contribution in [0.15, 0.2) is 17.6 Å². The second-order valence-corrected chi connectivity index (χ2v) is 3.12. The van der Waals surface area contributed by atoms with E-state index in [2.05, 4.69) is 20.2 Å². The van der Waals surface area contributed by atoms with E-state index in [-0.39, 0.29) is 24.5 Å². The predicted octanol–water partition coefficient (Wildman–Crippen LogP) is 0.567. The number of rotatable bonds is 4. The molecule has 0 unspecified atom stereocenters. The molecule has 2 aromatic heterocycles. The zero-order valence-corrected chi connectivity index (χ0v) is 9.03. The van der Waals surface area contributed by atoms with Crippen LogP contribution in [0.5, 0.6) is 0 Å². The minimum atomic E-state index is -0.479. The summed E-state index contributed by atoms with van der Waals surface area (Å²) in [6.07, 6.45) is 2.79. The van der Waals surface area contributed by atoms with Gasteiger partial charge in [-0.25, -0.2) is 14.3 Å². The lowest BCUT2D eigenvalue weighted by Crippen LogP contribution is -2.07. The summed E-state index contributed by atoms with van der Waals surface area (Å²) in [5, 5.41) is 6.63. The van der Waals surface area contributed by atoms with Crippen LogP contribution >= 0.6 is 0 Å². The molecule has 0 saturated heterocycles. The maximum Gasteiger partial charge on any atom is 0.341 e. The zero-order valence-electron chi connectivity index (χ0n) is 9.03. The first-order valence-electron chi connectivity index (χ1n) is 4.92. The second kappa shape index (κ2) is 4.64. The van der Waals surface area contributed by atoms with Gasteiger partial charge in [0.15, 0.2) is 5.82 Å². The number of carbonyl (C=O) groups is 1. The predicted molar refractivity (Wildman–Crippen MR) is 56.2 cm³/mol. The zero-order chi connectivity index (χ0) is 12.3. The van der Waals surface area contributed by atoms with Crippen molar-refractivity contribution in [3.8, 4) is 0 Å². The normalized spacial score (nSPS) is 10.4. The third-order valence-electron chi connectivity index (χ3n) is 1.95. The summed E-state index contributed by atoms with van der Waals surface area (Å²) >= 11 is 0. The maximum absolute atomic E-state index is 11.4. The fourth-order valence-electron chi connectivity index (χ4n) is 1.27. The van der Waals surface area contributed by atoms with Gasteiger partial charge in [-0.1, -0.05) is 5.18 Å². The number of hydrogen-bond acceptors (Lipinski definition) is 7. The third-order valence-corrected chi connectivity index (χ3v) is 1.95. The first kappa shape index (κ1) is 11.1. The largest absolute Gasteiger partial charge is 0.462 e. The molecule has 0 saturated carbocycles. The Kier molecular flexibility index (Phi) is 3.03. The highest BCUT2D eigenvalue weighted by atomic mass is 16.5. The van der Waals surface area contributed by atoms with Crippen LogP contribution in [-0.4, -0.2) is 32.2 Å². The van der Waals surface area contributed by atoms with Crippen LogP contribution in [0.1, 0.15) is 23.1 Å². The summed E-state index contributed by atoms with van der Waals surface area (Å²) in [6, 6.07) is 0. The summed E-state index contributed by atoms with van der Waals surface area (Å²) in [6.45, 7) is 1.87. The molecule has 0 fully saturated rings. The van der Waals surface area contributed by atoms with Gasteiger partial charge in [-0.2, -0.15) is 9.89 Å². The van der Waals surface area contributed by atoms with Crippen LogP contribution in [-0.2, 0) is 11.3 Å². The number of carbonyl (C=O) groups excluding carboxylic acids is 1. The van der Waals surface area contributed by atoms with Crippen molar-refractivity contribution in [3.05, 3.63) is 28.7 Å². The number of hydrogen-bond donors (Lipinski definition) is 0. The molecule has 2 rings (SSSR count). The molecular formula is C9H9N5O3. The Hall–Kier alpha value is -2.38. The van der Waals surface area contributed by atoms with Crippen LogP contribution < -0.4 is 0 Å². The Morgan fingerprint density at radius 3 is 3.12 bits per heavy atom. The van der Waals surface area contributed by atoms with Crippen LogP contribution in [0.25, 0.3) is 5.78 Å². The lowest BCUT2D eigenvalue weighted by Gasteiger charge is -2.00. The van der Waals surface area contributed by atoms with Crippen LogP contribution in [0.4, 0.5) is 0 Å². The number of esters is 1. The molecule has 0 aliphatic rings. The molecule has 0 aliphatic carbocycles. The minimum absolute atomic E-state index is 0.127. The van der Waals surface area contributed by atoms with Gasteiger partial charge >= 0.3 is 5.97 Å². The van der Waals surface area contributed by atoms with E-state index < -0.39 is 5.97 Å². The topological polar surface area (TPSA) is 98.8 Å². The number of fused-ring (bicyclic) bond motifs is 1. The standard InChI is InChI=1S/C9H9N5O3/c1-2-17-8(15)6-3-10-9-12-7(4-11-16)13-14(9)5-6/h3,5H,2,4H2,1H3. The molecule has 0 amide bonds. The summed E-state index contributed by atoms with van der Waals surface area (Å²) in [7, 11) is 0.